The molecule has 1 N–H and O–H groups in total. The highest BCUT2D eigenvalue weighted by Gasteiger charge is 2.18. The fourth-order valence-electron chi connectivity index (χ4n) is 1.16. The molecule has 1 fully saturated rings. The lowest BCUT2D eigenvalue weighted by molar-refractivity contribution is 0.0759. The maximum absolute atomic E-state index is 11.2. The Bertz CT molecular complexity index is 155. The van der Waals surface area contributed by atoms with E-state index in [0.717, 1.165) is 26.2 Å². The molecular weight excluding hydrogens is 158 g/mol. The SMILES string of the molecule is CONC(=O)N1CCN(C)CC1. The van der Waals surface area contributed by atoms with Crippen LogP contribution in [-0.4, -0.2) is 56.2 Å². The Labute approximate surface area is 72.2 Å². The molecule has 5 heteroatoms. The van der Waals surface area contributed by atoms with E-state index in [1.54, 1.807) is 4.90 Å². The molecule has 0 unspecified atom stereocenters. The molecule has 1 rings (SSSR count). The number of urea groups is 1. The summed E-state index contributed by atoms with van der Waals surface area (Å²) >= 11 is 0. The lowest BCUT2D eigenvalue weighted by atomic mass is 10.3. The second-order valence-corrected chi connectivity index (χ2v) is 2.90. The second kappa shape index (κ2) is 4.27. The highest BCUT2D eigenvalue weighted by atomic mass is 16.6. The molecule has 1 aliphatic rings. The van der Waals surface area contributed by atoms with E-state index >= 15 is 0 Å². The molecule has 1 aliphatic heterocycles. The molecule has 1 saturated heterocycles. The van der Waals surface area contributed by atoms with Gasteiger partial charge in [0.15, 0.2) is 0 Å². The Kier molecular flexibility index (Phi) is 3.31. The van der Waals surface area contributed by atoms with Gasteiger partial charge in [-0.1, -0.05) is 0 Å². The molecule has 0 spiro atoms. The molecule has 1 heterocycles. The molecule has 0 aromatic carbocycles. The first kappa shape index (κ1) is 9.28. The number of piperazine rings is 1. The maximum atomic E-state index is 11.2. The average molecular weight is 173 g/mol. The molecule has 12 heavy (non-hydrogen) atoms. The van der Waals surface area contributed by atoms with Crippen LogP contribution in [0.3, 0.4) is 0 Å². The van der Waals surface area contributed by atoms with Crippen LogP contribution in [0.1, 0.15) is 0 Å². The molecule has 0 aliphatic carbocycles. The number of nitrogens with zero attached hydrogens (tertiary/aromatic N) is 2. The van der Waals surface area contributed by atoms with E-state index in [1.165, 1.54) is 7.11 Å². The minimum Gasteiger partial charge on any atom is -0.320 e. The predicted molar refractivity (Wildman–Crippen MR) is 44.6 cm³/mol. The van der Waals surface area contributed by atoms with E-state index in [9.17, 15) is 4.79 Å². The Balaban J connectivity index is 2.29. The van der Waals surface area contributed by atoms with E-state index in [-0.39, 0.29) is 6.03 Å². The first-order valence-electron chi connectivity index (χ1n) is 4.00. The third-order valence-corrected chi connectivity index (χ3v) is 1.98. The number of carbonyl (C=O) groups excluding carboxylic acids is 1. The molecule has 0 atom stereocenters. The number of amides is 2. The topological polar surface area (TPSA) is 44.8 Å². The molecule has 0 aromatic heterocycles. The third kappa shape index (κ3) is 2.35. The fraction of sp³-hybridized carbons (Fsp3) is 0.857. The Morgan fingerprint density at radius 1 is 1.33 bits per heavy atom. The Hall–Kier alpha value is -0.810. The molecule has 0 aromatic rings. The Morgan fingerprint density at radius 3 is 2.42 bits per heavy atom. The van der Waals surface area contributed by atoms with E-state index in [4.69, 9.17) is 0 Å². The first-order valence-corrected chi connectivity index (χ1v) is 4.00. The van der Waals surface area contributed by atoms with Gasteiger partial charge in [-0.15, -0.1) is 0 Å². The molecule has 0 radical (unpaired) electrons. The Morgan fingerprint density at radius 2 is 1.92 bits per heavy atom. The van der Waals surface area contributed by atoms with Gasteiger partial charge in [0.25, 0.3) is 0 Å². The summed E-state index contributed by atoms with van der Waals surface area (Å²) in [5.74, 6) is 0. The summed E-state index contributed by atoms with van der Waals surface area (Å²) in [5.41, 5.74) is 2.30. The van der Waals surface area contributed by atoms with Crippen LogP contribution in [0.25, 0.3) is 0 Å². The minimum atomic E-state index is -0.148. The van der Waals surface area contributed by atoms with Gasteiger partial charge in [-0.05, 0) is 7.05 Å². The second-order valence-electron chi connectivity index (χ2n) is 2.90. The van der Waals surface area contributed by atoms with E-state index in [1.807, 2.05) is 7.05 Å². The number of nitrogens with one attached hydrogen (secondary N) is 1. The zero-order valence-corrected chi connectivity index (χ0v) is 7.54. The summed E-state index contributed by atoms with van der Waals surface area (Å²) in [4.78, 5) is 19.6. The molecule has 0 bridgehead atoms. The number of likely N-dealkylation sites (N-methyl/N-ethyl adjacent to an activating group) is 1. The van der Waals surface area contributed by atoms with Crippen molar-refractivity contribution in [1.29, 1.82) is 0 Å². The van der Waals surface area contributed by atoms with Crippen LogP contribution in [-0.2, 0) is 4.84 Å². The van der Waals surface area contributed by atoms with Crippen LogP contribution in [0.2, 0.25) is 0 Å². The van der Waals surface area contributed by atoms with Crippen molar-refractivity contribution in [2.24, 2.45) is 0 Å². The summed E-state index contributed by atoms with van der Waals surface area (Å²) in [6, 6.07) is -0.148. The summed E-state index contributed by atoms with van der Waals surface area (Å²) < 4.78 is 0. The number of hydrogen-bond donors (Lipinski definition) is 1. The van der Waals surface area contributed by atoms with Crippen LogP contribution in [0.5, 0.6) is 0 Å². The van der Waals surface area contributed by atoms with Gasteiger partial charge >= 0.3 is 6.03 Å². The van der Waals surface area contributed by atoms with Gasteiger partial charge in [0.05, 0.1) is 7.11 Å². The van der Waals surface area contributed by atoms with Crippen LogP contribution >= 0.6 is 0 Å². The van der Waals surface area contributed by atoms with Gasteiger partial charge < -0.3 is 9.80 Å². The monoisotopic (exact) mass is 173 g/mol. The highest BCUT2D eigenvalue weighted by Crippen LogP contribution is 1.98. The van der Waals surface area contributed by atoms with E-state index in [0.29, 0.717) is 0 Å². The lowest BCUT2D eigenvalue weighted by Gasteiger charge is -2.31. The molecule has 0 saturated carbocycles. The van der Waals surface area contributed by atoms with Gasteiger partial charge in [-0.3, -0.25) is 4.84 Å². The summed E-state index contributed by atoms with van der Waals surface area (Å²) in [5, 5.41) is 0. The van der Waals surface area contributed by atoms with E-state index < -0.39 is 0 Å². The number of hydroxylamine groups is 1. The highest BCUT2D eigenvalue weighted by molar-refractivity contribution is 5.73. The molecular formula is C7H15N3O2. The van der Waals surface area contributed by atoms with Gasteiger partial charge in [0.2, 0.25) is 0 Å². The zero-order valence-electron chi connectivity index (χ0n) is 7.54. The van der Waals surface area contributed by atoms with Crippen molar-refractivity contribution >= 4 is 6.03 Å². The number of hydrogen-bond acceptors (Lipinski definition) is 3. The zero-order chi connectivity index (χ0) is 8.97. The van der Waals surface area contributed by atoms with Crippen molar-refractivity contribution < 1.29 is 9.63 Å². The first-order chi connectivity index (χ1) is 5.74. The van der Waals surface area contributed by atoms with Crippen molar-refractivity contribution in [3.05, 3.63) is 0 Å². The van der Waals surface area contributed by atoms with Crippen LogP contribution in [0.15, 0.2) is 0 Å². The predicted octanol–water partition coefficient (Wildman–Crippen LogP) is -0.495. The minimum absolute atomic E-state index is 0.148. The van der Waals surface area contributed by atoms with Crippen molar-refractivity contribution in [2.75, 3.05) is 40.3 Å². The average Bonchev–Trinajstić information content (AvgIpc) is 2.06. The summed E-state index contributed by atoms with van der Waals surface area (Å²) in [7, 11) is 3.49. The summed E-state index contributed by atoms with van der Waals surface area (Å²) in [6.45, 7) is 3.39. The van der Waals surface area contributed by atoms with Gasteiger partial charge in [0.1, 0.15) is 0 Å². The number of carbonyl (C=O) groups is 1. The van der Waals surface area contributed by atoms with Crippen molar-refractivity contribution in [3.63, 3.8) is 0 Å². The maximum Gasteiger partial charge on any atom is 0.341 e. The van der Waals surface area contributed by atoms with Crippen molar-refractivity contribution in [3.8, 4) is 0 Å². The lowest BCUT2D eigenvalue weighted by Crippen LogP contribution is -2.50. The standard InChI is InChI=1S/C7H15N3O2/c1-9-3-5-10(6-4-9)7(11)8-12-2/h3-6H2,1-2H3,(H,8,11). The third-order valence-electron chi connectivity index (χ3n) is 1.98. The van der Waals surface area contributed by atoms with Crippen LogP contribution < -0.4 is 5.48 Å². The van der Waals surface area contributed by atoms with Crippen molar-refractivity contribution in [1.82, 2.24) is 15.3 Å². The van der Waals surface area contributed by atoms with Crippen LogP contribution in [0, 0.1) is 0 Å². The van der Waals surface area contributed by atoms with Crippen molar-refractivity contribution in [2.45, 2.75) is 0 Å². The van der Waals surface area contributed by atoms with E-state index in [2.05, 4.69) is 15.2 Å². The number of rotatable bonds is 1. The summed E-state index contributed by atoms with van der Waals surface area (Å²) in [6.07, 6.45) is 0. The molecule has 2 amide bonds. The smallest absolute Gasteiger partial charge is 0.320 e. The molecule has 5 nitrogen and oxygen atoms in total. The molecule has 70 valence electrons. The van der Waals surface area contributed by atoms with Gasteiger partial charge in [-0.25, -0.2) is 10.3 Å². The van der Waals surface area contributed by atoms with Crippen LogP contribution in [0.4, 0.5) is 4.79 Å². The normalized spacial score (nSPS) is 19.3. The van der Waals surface area contributed by atoms with Gasteiger partial charge in [-0.2, -0.15) is 0 Å². The quantitative estimate of drug-likeness (QED) is 0.544. The van der Waals surface area contributed by atoms with Gasteiger partial charge in [0, 0.05) is 26.2 Å². The largest absolute Gasteiger partial charge is 0.341 e. The fourth-order valence-corrected chi connectivity index (χ4v) is 1.16.